The van der Waals surface area contributed by atoms with Crippen molar-refractivity contribution >= 4 is 30.7 Å². The van der Waals surface area contributed by atoms with E-state index in [4.69, 9.17) is 4.74 Å². The van der Waals surface area contributed by atoms with Gasteiger partial charge < -0.3 is 15.4 Å². The van der Waals surface area contributed by atoms with Crippen molar-refractivity contribution in [2.24, 2.45) is 11.8 Å². The fourth-order valence-corrected chi connectivity index (χ4v) is 3.80. The highest BCUT2D eigenvalue weighted by Gasteiger charge is 2.34. The van der Waals surface area contributed by atoms with Crippen LogP contribution in [0.3, 0.4) is 0 Å². The molecule has 4 atom stereocenters. The summed E-state index contributed by atoms with van der Waals surface area (Å²) >= 11 is 0. The van der Waals surface area contributed by atoms with Crippen molar-refractivity contribution in [2.75, 3.05) is 32.7 Å². The smallest absolute Gasteiger partial charge is 0.237 e. The van der Waals surface area contributed by atoms with Crippen molar-refractivity contribution in [2.45, 2.75) is 58.8 Å². The first-order valence-electron chi connectivity index (χ1n) is 8.85. The Kier molecular flexibility index (Phi) is 11.5. The van der Waals surface area contributed by atoms with Gasteiger partial charge in [-0.1, -0.05) is 13.8 Å². The van der Waals surface area contributed by atoms with Crippen LogP contribution in [-0.4, -0.2) is 61.8 Å². The summed E-state index contributed by atoms with van der Waals surface area (Å²) in [4.78, 5) is 15.0. The lowest BCUT2D eigenvalue weighted by molar-refractivity contribution is -0.135. The molecule has 0 aliphatic carbocycles. The van der Waals surface area contributed by atoms with Gasteiger partial charge in [0.25, 0.3) is 0 Å². The molecule has 2 heterocycles. The standard InChI is InChI=1S/C17H33N3O2.2ClH/c1-12(2)16(20-10-13(3)22-14(4)11-20)17(21)19-8-6-15-5-7-18-9-15;;/h12-16,18H,5-11H2,1-4H3,(H,19,21);2*1H. The van der Waals surface area contributed by atoms with Crippen LogP contribution in [-0.2, 0) is 9.53 Å². The number of morpholine rings is 1. The van der Waals surface area contributed by atoms with E-state index in [1.807, 2.05) is 0 Å². The first kappa shape index (κ1) is 23.9. The maximum Gasteiger partial charge on any atom is 0.237 e. The van der Waals surface area contributed by atoms with Crippen LogP contribution in [0.4, 0.5) is 0 Å². The molecule has 0 bridgehead atoms. The van der Waals surface area contributed by atoms with Crippen molar-refractivity contribution in [3.8, 4) is 0 Å². The van der Waals surface area contributed by atoms with Crippen LogP contribution in [0.5, 0.6) is 0 Å². The van der Waals surface area contributed by atoms with Crippen molar-refractivity contribution in [1.82, 2.24) is 15.5 Å². The van der Waals surface area contributed by atoms with Gasteiger partial charge in [-0.25, -0.2) is 0 Å². The second kappa shape index (κ2) is 11.5. The quantitative estimate of drug-likeness (QED) is 0.736. The molecule has 144 valence electrons. The van der Waals surface area contributed by atoms with Crippen LogP contribution >= 0.6 is 24.8 Å². The molecule has 5 nitrogen and oxygen atoms in total. The molecular formula is C17H35Cl2N3O2. The van der Waals surface area contributed by atoms with Crippen molar-refractivity contribution in [1.29, 1.82) is 0 Å². The Hall–Kier alpha value is -0.0700. The van der Waals surface area contributed by atoms with E-state index in [1.54, 1.807) is 0 Å². The highest BCUT2D eigenvalue weighted by Crippen LogP contribution is 2.19. The summed E-state index contributed by atoms with van der Waals surface area (Å²) in [7, 11) is 0. The average Bonchev–Trinajstić information content (AvgIpc) is 2.90. The number of rotatable bonds is 6. The Morgan fingerprint density at radius 3 is 2.38 bits per heavy atom. The Morgan fingerprint density at radius 1 is 1.25 bits per heavy atom. The minimum atomic E-state index is -0.0458. The van der Waals surface area contributed by atoms with Gasteiger partial charge in [-0.05, 0) is 51.6 Å². The molecule has 0 spiro atoms. The van der Waals surface area contributed by atoms with Gasteiger partial charge in [-0.3, -0.25) is 9.69 Å². The van der Waals surface area contributed by atoms with E-state index in [0.717, 1.165) is 45.1 Å². The second-order valence-electron chi connectivity index (χ2n) is 7.34. The molecule has 4 unspecified atom stereocenters. The molecular weight excluding hydrogens is 349 g/mol. The molecule has 2 aliphatic rings. The summed E-state index contributed by atoms with van der Waals surface area (Å²) in [5.74, 6) is 1.22. The van der Waals surface area contributed by atoms with Crippen LogP contribution in [0.25, 0.3) is 0 Å². The molecule has 1 amide bonds. The molecule has 2 fully saturated rings. The Morgan fingerprint density at radius 2 is 1.88 bits per heavy atom. The maximum absolute atomic E-state index is 12.7. The summed E-state index contributed by atoms with van der Waals surface area (Å²) in [5.41, 5.74) is 0. The zero-order valence-corrected chi connectivity index (χ0v) is 17.0. The number of hydrogen-bond acceptors (Lipinski definition) is 4. The van der Waals surface area contributed by atoms with Gasteiger partial charge in [0.15, 0.2) is 0 Å². The molecule has 2 saturated heterocycles. The number of ether oxygens (including phenoxy) is 1. The lowest BCUT2D eigenvalue weighted by Gasteiger charge is -2.41. The van der Waals surface area contributed by atoms with E-state index in [-0.39, 0.29) is 49.0 Å². The summed E-state index contributed by atoms with van der Waals surface area (Å²) in [5, 5.41) is 6.55. The van der Waals surface area contributed by atoms with E-state index in [0.29, 0.717) is 5.92 Å². The lowest BCUT2D eigenvalue weighted by Crippen LogP contribution is -2.57. The predicted molar refractivity (Wildman–Crippen MR) is 103 cm³/mol. The van der Waals surface area contributed by atoms with Gasteiger partial charge in [-0.15, -0.1) is 24.8 Å². The molecule has 2 aliphatic heterocycles. The van der Waals surface area contributed by atoms with Crippen LogP contribution in [0.1, 0.15) is 40.5 Å². The number of carbonyl (C=O) groups excluding carboxylic acids is 1. The maximum atomic E-state index is 12.7. The largest absolute Gasteiger partial charge is 0.373 e. The van der Waals surface area contributed by atoms with Crippen LogP contribution in [0, 0.1) is 11.8 Å². The highest BCUT2D eigenvalue weighted by atomic mass is 35.5. The summed E-state index contributed by atoms with van der Waals surface area (Å²) in [6, 6.07) is -0.0458. The van der Waals surface area contributed by atoms with E-state index < -0.39 is 0 Å². The number of hydrogen-bond donors (Lipinski definition) is 2. The van der Waals surface area contributed by atoms with Gasteiger partial charge in [0, 0.05) is 19.6 Å². The second-order valence-corrected chi connectivity index (χ2v) is 7.34. The van der Waals surface area contributed by atoms with Crippen LogP contribution in [0.15, 0.2) is 0 Å². The summed E-state index contributed by atoms with van der Waals surface area (Å²) < 4.78 is 5.79. The van der Waals surface area contributed by atoms with Gasteiger partial charge in [0.1, 0.15) is 0 Å². The number of carbonyl (C=O) groups is 1. The van der Waals surface area contributed by atoms with Gasteiger partial charge in [0.05, 0.1) is 18.2 Å². The summed E-state index contributed by atoms with van der Waals surface area (Å²) in [6.07, 6.45) is 2.71. The lowest BCUT2D eigenvalue weighted by atomic mass is 9.99. The molecule has 2 N–H and O–H groups in total. The fraction of sp³-hybridized carbons (Fsp3) is 0.941. The van der Waals surface area contributed by atoms with E-state index in [2.05, 4.69) is 43.2 Å². The monoisotopic (exact) mass is 383 g/mol. The van der Waals surface area contributed by atoms with Crippen molar-refractivity contribution in [3.05, 3.63) is 0 Å². The minimum absolute atomic E-state index is 0. The zero-order chi connectivity index (χ0) is 16.1. The number of nitrogens with one attached hydrogen (secondary N) is 2. The Balaban J connectivity index is 0.00000264. The SMILES string of the molecule is CC1CN(C(C(=O)NCCC2CCNC2)C(C)C)CC(C)O1.Cl.Cl. The third-order valence-electron chi connectivity index (χ3n) is 4.76. The van der Waals surface area contributed by atoms with Crippen molar-refractivity contribution in [3.63, 3.8) is 0 Å². The molecule has 0 saturated carbocycles. The number of amides is 1. The topological polar surface area (TPSA) is 53.6 Å². The van der Waals surface area contributed by atoms with Gasteiger partial charge in [0.2, 0.25) is 5.91 Å². The molecule has 0 radical (unpaired) electrons. The van der Waals surface area contributed by atoms with Crippen LogP contribution < -0.4 is 10.6 Å². The Bertz CT molecular complexity index is 356. The Labute approximate surface area is 159 Å². The molecule has 24 heavy (non-hydrogen) atoms. The first-order chi connectivity index (χ1) is 10.5. The van der Waals surface area contributed by atoms with Crippen molar-refractivity contribution < 1.29 is 9.53 Å². The van der Waals surface area contributed by atoms with E-state index in [1.165, 1.54) is 6.42 Å². The number of nitrogens with zero attached hydrogens (tertiary/aromatic N) is 1. The van der Waals surface area contributed by atoms with Gasteiger partial charge >= 0.3 is 0 Å². The molecule has 0 aromatic carbocycles. The third kappa shape index (κ3) is 7.04. The third-order valence-corrected chi connectivity index (χ3v) is 4.76. The van der Waals surface area contributed by atoms with Gasteiger partial charge in [-0.2, -0.15) is 0 Å². The zero-order valence-electron chi connectivity index (χ0n) is 15.4. The molecule has 0 aromatic rings. The normalized spacial score (nSPS) is 28.8. The highest BCUT2D eigenvalue weighted by molar-refractivity contribution is 5.85. The fourth-order valence-electron chi connectivity index (χ4n) is 3.80. The molecule has 0 aromatic heterocycles. The molecule has 7 heteroatoms. The van der Waals surface area contributed by atoms with Crippen LogP contribution in [0.2, 0.25) is 0 Å². The first-order valence-corrected chi connectivity index (χ1v) is 8.85. The summed E-state index contributed by atoms with van der Waals surface area (Å²) in [6.45, 7) is 13.1. The average molecular weight is 384 g/mol. The van der Waals surface area contributed by atoms with E-state index in [9.17, 15) is 4.79 Å². The predicted octanol–water partition coefficient (Wildman–Crippen LogP) is 2.08. The molecule has 2 rings (SSSR count). The van der Waals surface area contributed by atoms with E-state index >= 15 is 0 Å². The number of halogens is 2. The minimum Gasteiger partial charge on any atom is -0.373 e.